The maximum Gasteiger partial charge on any atom is 0.248 e. The predicted octanol–water partition coefficient (Wildman–Crippen LogP) is 5.81. The van der Waals surface area contributed by atoms with Gasteiger partial charge in [-0.1, -0.05) is 57.0 Å². The highest BCUT2D eigenvalue weighted by Gasteiger charge is 2.20. The number of anilines is 3. The van der Waals surface area contributed by atoms with Crippen LogP contribution in [-0.4, -0.2) is 37.5 Å². The number of benzene rings is 2. The molecule has 4 aromatic rings. The first-order valence-electron chi connectivity index (χ1n) is 14.9. The number of aryl methyl sites for hydroxylation is 4. The van der Waals surface area contributed by atoms with E-state index in [0.717, 1.165) is 67.9 Å². The lowest BCUT2D eigenvalue weighted by molar-refractivity contribution is 0.386. The Morgan fingerprint density at radius 2 is 1.70 bits per heavy atom. The Kier molecular flexibility index (Phi) is 7.77. The summed E-state index contributed by atoms with van der Waals surface area (Å²) in [7, 11) is 0. The minimum atomic E-state index is 0.284. The van der Waals surface area contributed by atoms with Crippen LogP contribution >= 0.6 is 0 Å². The van der Waals surface area contributed by atoms with E-state index in [2.05, 4.69) is 93.3 Å². The van der Waals surface area contributed by atoms with E-state index in [1.165, 1.54) is 41.5 Å². The first-order valence-corrected chi connectivity index (χ1v) is 14.9. The van der Waals surface area contributed by atoms with Gasteiger partial charge in [-0.05, 0) is 97.9 Å². The molecule has 2 heterocycles. The Morgan fingerprint density at radius 1 is 0.900 bits per heavy atom. The molecule has 0 saturated heterocycles. The summed E-state index contributed by atoms with van der Waals surface area (Å²) in [6.07, 6.45) is 10.1. The highest BCUT2D eigenvalue weighted by Crippen LogP contribution is 2.31. The fraction of sp³-hybridized carbons (Fsp3) is 0.438. The van der Waals surface area contributed by atoms with Crippen molar-refractivity contribution in [3.8, 4) is 17.1 Å². The van der Waals surface area contributed by atoms with Crippen molar-refractivity contribution < 1.29 is 0 Å². The van der Waals surface area contributed by atoms with Gasteiger partial charge in [0.25, 0.3) is 0 Å². The predicted molar refractivity (Wildman–Crippen MR) is 161 cm³/mol. The highest BCUT2D eigenvalue weighted by molar-refractivity contribution is 5.68. The van der Waals surface area contributed by atoms with Gasteiger partial charge in [0.2, 0.25) is 11.9 Å². The Morgan fingerprint density at radius 3 is 2.55 bits per heavy atom. The standard InChI is InChI=1S/C32H40N8/c1-3-21(4-2)20-34-26-15-12-22-13-17-27(18-24(22)14-16-26)35-32-36-31(33)40(39-32)29-19-25-10-7-9-23-8-5-6-11-28(23)30(25)38-37-29/h5-6,8,11,13,17-19,21,26,34H,3-4,7,9-10,12,14-16,20H2,1-2H3,(H3,33,35,36,39)/t26-/m0/s1. The van der Waals surface area contributed by atoms with Crippen LogP contribution in [0.1, 0.15) is 68.2 Å². The first kappa shape index (κ1) is 26.4. The normalized spacial score (nSPS) is 16.5. The Labute approximate surface area is 236 Å². The van der Waals surface area contributed by atoms with Gasteiger partial charge >= 0.3 is 0 Å². The second-order valence-corrected chi connectivity index (χ2v) is 11.3. The maximum atomic E-state index is 6.30. The van der Waals surface area contributed by atoms with Crippen molar-refractivity contribution in [3.63, 3.8) is 0 Å². The average Bonchev–Trinajstić information content (AvgIpc) is 3.12. The molecule has 1 atom stereocenters. The molecular formula is C32H40N8. The molecule has 4 N–H and O–H groups in total. The van der Waals surface area contributed by atoms with Gasteiger partial charge in [0.1, 0.15) is 0 Å². The molecule has 40 heavy (non-hydrogen) atoms. The van der Waals surface area contributed by atoms with E-state index in [0.29, 0.717) is 17.8 Å². The van der Waals surface area contributed by atoms with Crippen molar-refractivity contribution in [1.29, 1.82) is 0 Å². The average molecular weight is 537 g/mol. The topological polar surface area (TPSA) is 107 Å². The summed E-state index contributed by atoms with van der Waals surface area (Å²) in [6, 6.07) is 17.7. The zero-order chi connectivity index (χ0) is 27.5. The van der Waals surface area contributed by atoms with E-state index in [1.807, 2.05) is 0 Å². The number of nitrogen functional groups attached to an aromatic ring is 1. The van der Waals surface area contributed by atoms with Crippen LogP contribution in [0.2, 0.25) is 0 Å². The summed E-state index contributed by atoms with van der Waals surface area (Å²) >= 11 is 0. The number of fused-ring (bicyclic) bond motifs is 4. The van der Waals surface area contributed by atoms with Gasteiger partial charge in [-0.25, -0.2) is 0 Å². The number of hydrogen-bond acceptors (Lipinski definition) is 7. The summed E-state index contributed by atoms with van der Waals surface area (Å²) in [5.41, 5.74) is 14.7. The molecule has 0 spiro atoms. The molecule has 0 unspecified atom stereocenters. The van der Waals surface area contributed by atoms with Crippen molar-refractivity contribution in [3.05, 3.63) is 70.8 Å². The van der Waals surface area contributed by atoms with Gasteiger partial charge < -0.3 is 16.4 Å². The SMILES string of the molecule is CCC(CC)CN[C@H]1CCc2ccc(Nc3nc(N)n(-c4cc5c(nn4)-c4ccccc4CCC5)n3)cc2CC1. The number of aromatic nitrogens is 5. The zero-order valence-corrected chi connectivity index (χ0v) is 23.7. The summed E-state index contributed by atoms with van der Waals surface area (Å²) in [5, 5.41) is 21.0. The molecule has 0 amide bonds. The molecule has 0 saturated carbocycles. The van der Waals surface area contributed by atoms with Crippen LogP contribution in [0, 0.1) is 5.92 Å². The Hall–Kier alpha value is -3.78. The lowest BCUT2D eigenvalue weighted by Crippen LogP contribution is -2.33. The lowest BCUT2D eigenvalue weighted by atomic mass is 10.0. The van der Waals surface area contributed by atoms with Crippen LogP contribution in [0.5, 0.6) is 0 Å². The minimum Gasteiger partial charge on any atom is -0.368 e. The highest BCUT2D eigenvalue weighted by atomic mass is 15.4. The summed E-state index contributed by atoms with van der Waals surface area (Å²) in [5.74, 6) is 2.10. The Bertz CT molecular complexity index is 1470. The molecule has 2 aromatic heterocycles. The van der Waals surface area contributed by atoms with Crippen LogP contribution in [0.25, 0.3) is 17.1 Å². The molecule has 0 fully saturated rings. The van der Waals surface area contributed by atoms with Gasteiger partial charge in [-0.15, -0.1) is 15.3 Å². The molecule has 0 radical (unpaired) electrons. The van der Waals surface area contributed by atoms with Crippen LogP contribution in [0.3, 0.4) is 0 Å². The Balaban J connectivity index is 1.16. The second kappa shape index (κ2) is 11.8. The largest absolute Gasteiger partial charge is 0.368 e. The number of nitrogens with two attached hydrogens (primary N) is 1. The minimum absolute atomic E-state index is 0.284. The van der Waals surface area contributed by atoms with Crippen molar-refractivity contribution in [2.24, 2.45) is 5.92 Å². The fourth-order valence-electron chi connectivity index (χ4n) is 6.15. The smallest absolute Gasteiger partial charge is 0.248 e. The molecule has 0 aliphatic heterocycles. The van der Waals surface area contributed by atoms with E-state index in [1.54, 1.807) is 4.68 Å². The number of nitrogens with zero attached hydrogens (tertiary/aromatic N) is 5. The molecule has 208 valence electrons. The second-order valence-electron chi connectivity index (χ2n) is 11.3. The molecule has 6 rings (SSSR count). The van der Waals surface area contributed by atoms with E-state index in [-0.39, 0.29) is 5.95 Å². The van der Waals surface area contributed by atoms with Crippen molar-refractivity contribution >= 4 is 17.6 Å². The third-order valence-corrected chi connectivity index (χ3v) is 8.71. The van der Waals surface area contributed by atoms with Crippen LogP contribution in [0.15, 0.2) is 48.5 Å². The molecule has 0 bridgehead atoms. The number of rotatable bonds is 8. The van der Waals surface area contributed by atoms with Crippen LogP contribution in [-0.2, 0) is 25.7 Å². The van der Waals surface area contributed by atoms with Crippen LogP contribution < -0.4 is 16.4 Å². The zero-order valence-electron chi connectivity index (χ0n) is 23.7. The molecule has 8 nitrogen and oxygen atoms in total. The third kappa shape index (κ3) is 5.59. The van der Waals surface area contributed by atoms with Crippen molar-refractivity contribution in [1.82, 2.24) is 30.3 Å². The van der Waals surface area contributed by atoms with E-state index in [4.69, 9.17) is 5.73 Å². The molecule has 8 heteroatoms. The van der Waals surface area contributed by atoms with Gasteiger partial charge in [0, 0.05) is 17.3 Å². The lowest BCUT2D eigenvalue weighted by Gasteiger charge is -2.20. The molecule has 2 aromatic carbocycles. The fourth-order valence-corrected chi connectivity index (χ4v) is 6.15. The van der Waals surface area contributed by atoms with E-state index >= 15 is 0 Å². The monoisotopic (exact) mass is 536 g/mol. The van der Waals surface area contributed by atoms with Crippen molar-refractivity contribution in [2.45, 2.75) is 77.7 Å². The van der Waals surface area contributed by atoms with Crippen molar-refractivity contribution in [2.75, 3.05) is 17.6 Å². The molecule has 2 aliphatic rings. The summed E-state index contributed by atoms with van der Waals surface area (Å²) < 4.78 is 1.58. The maximum absolute atomic E-state index is 6.30. The summed E-state index contributed by atoms with van der Waals surface area (Å²) in [4.78, 5) is 4.49. The third-order valence-electron chi connectivity index (χ3n) is 8.71. The first-order chi connectivity index (χ1) is 19.6. The van der Waals surface area contributed by atoms with Crippen LogP contribution in [0.4, 0.5) is 17.6 Å². The molecule has 2 aliphatic carbocycles. The number of nitrogens with one attached hydrogen (secondary N) is 2. The number of hydrogen-bond donors (Lipinski definition) is 3. The van der Waals surface area contributed by atoms with Gasteiger partial charge in [-0.2, -0.15) is 9.67 Å². The van der Waals surface area contributed by atoms with Gasteiger partial charge in [-0.3, -0.25) is 0 Å². The molecular weight excluding hydrogens is 496 g/mol. The van der Waals surface area contributed by atoms with E-state index < -0.39 is 0 Å². The quantitative estimate of drug-likeness (QED) is 0.244. The summed E-state index contributed by atoms with van der Waals surface area (Å²) in [6.45, 7) is 5.71. The van der Waals surface area contributed by atoms with Gasteiger partial charge in [0.15, 0.2) is 5.82 Å². The van der Waals surface area contributed by atoms with E-state index in [9.17, 15) is 0 Å². The van der Waals surface area contributed by atoms with Gasteiger partial charge in [0.05, 0.1) is 5.69 Å².